The summed E-state index contributed by atoms with van der Waals surface area (Å²) in [6.45, 7) is 4.27. The third kappa shape index (κ3) is 4.61. The van der Waals surface area contributed by atoms with Gasteiger partial charge in [0.1, 0.15) is 12.1 Å². The van der Waals surface area contributed by atoms with Crippen LogP contribution < -0.4 is 5.32 Å². The lowest BCUT2D eigenvalue weighted by Crippen LogP contribution is -2.50. The normalized spacial score (nSPS) is 21.6. The number of rotatable bonds is 7. The number of amides is 1. The molecule has 1 aliphatic carbocycles. The van der Waals surface area contributed by atoms with Gasteiger partial charge in [0.2, 0.25) is 5.91 Å². The zero-order valence-corrected chi connectivity index (χ0v) is 17.1. The van der Waals surface area contributed by atoms with Crippen molar-refractivity contribution in [3.63, 3.8) is 0 Å². The molecule has 1 heterocycles. The van der Waals surface area contributed by atoms with Crippen LogP contribution in [-0.2, 0) is 19.8 Å². The van der Waals surface area contributed by atoms with Crippen molar-refractivity contribution in [1.82, 2.24) is 25.5 Å². The van der Waals surface area contributed by atoms with Crippen LogP contribution in [0.3, 0.4) is 0 Å². The predicted octanol–water partition coefficient (Wildman–Crippen LogP) is 2.01. The van der Waals surface area contributed by atoms with Crippen LogP contribution in [-0.4, -0.2) is 52.4 Å². The summed E-state index contributed by atoms with van der Waals surface area (Å²) in [5.74, 6) is 0.586. The Kier molecular flexibility index (Phi) is 6.58. The van der Waals surface area contributed by atoms with Crippen LogP contribution in [0, 0.1) is 5.92 Å². The predicted molar refractivity (Wildman–Crippen MR) is 104 cm³/mol. The van der Waals surface area contributed by atoms with Crippen LogP contribution in [0.1, 0.15) is 55.7 Å². The summed E-state index contributed by atoms with van der Waals surface area (Å²) in [6, 6.07) is 6.89. The standard InChI is InChI=1S/C20H27N5O4/c1-4-29-18(27)15-5-7-16(8-6-15)25-19(22-23-24-25)20(21-17(26)13-28-3)11-9-14(2)10-12-20/h5-8,14H,4,9-13H2,1-3H3,(H,21,26). The van der Waals surface area contributed by atoms with Crippen LogP contribution >= 0.6 is 0 Å². The maximum Gasteiger partial charge on any atom is 0.338 e. The van der Waals surface area contributed by atoms with Crippen LogP contribution in [0.2, 0.25) is 0 Å². The Hall–Kier alpha value is -2.81. The number of tetrazole rings is 1. The maximum absolute atomic E-state index is 12.4. The molecule has 0 radical (unpaired) electrons. The minimum atomic E-state index is -0.661. The molecule has 0 unspecified atom stereocenters. The molecule has 0 saturated heterocycles. The molecule has 9 nitrogen and oxygen atoms in total. The van der Waals surface area contributed by atoms with Gasteiger partial charge in [-0.3, -0.25) is 4.79 Å². The van der Waals surface area contributed by atoms with Crippen molar-refractivity contribution in [3.05, 3.63) is 35.7 Å². The lowest BCUT2D eigenvalue weighted by atomic mass is 9.76. The van der Waals surface area contributed by atoms with Gasteiger partial charge in [-0.25, -0.2) is 4.79 Å². The third-order valence-corrected chi connectivity index (χ3v) is 5.30. The molecule has 1 fully saturated rings. The van der Waals surface area contributed by atoms with E-state index in [1.54, 1.807) is 35.9 Å². The molecule has 1 aromatic heterocycles. The molecule has 2 aromatic rings. The third-order valence-electron chi connectivity index (χ3n) is 5.30. The number of hydrogen-bond acceptors (Lipinski definition) is 7. The molecule has 1 amide bonds. The van der Waals surface area contributed by atoms with E-state index < -0.39 is 5.54 Å². The van der Waals surface area contributed by atoms with Crippen molar-refractivity contribution < 1.29 is 19.1 Å². The fourth-order valence-corrected chi connectivity index (χ4v) is 3.71. The highest BCUT2D eigenvalue weighted by Gasteiger charge is 2.42. The second-order valence-electron chi connectivity index (χ2n) is 7.43. The van der Waals surface area contributed by atoms with E-state index in [9.17, 15) is 9.59 Å². The van der Waals surface area contributed by atoms with Gasteiger partial charge in [0.15, 0.2) is 5.82 Å². The number of ether oxygens (including phenoxy) is 2. The number of carbonyl (C=O) groups is 2. The summed E-state index contributed by atoms with van der Waals surface area (Å²) in [7, 11) is 1.49. The monoisotopic (exact) mass is 401 g/mol. The number of hydrogen-bond donors (Lipinski definition) is 1. The number of benzene rings is 1. The first kappa shape index (κ1) is 20.9. The first-order valence-electron chi connectivity index (χ1n) is 9.85. The largest absolute Gasteiger partial charge is 0.462 e. The van der Waals surface area contributed by atoms with E-state index in [1.165, 1.54) is 7.11 Å². The van der Waals surface area contributed by atoms with Crippen molar-refractivity contribution in [3.8, 4) is 5.69 Å². The molecule has 1 aromatic carbocycles. The average Bonchev–Trinajstić information content (AvgIpc) is 3.21. The van der Waals surface area contributed by atoms with E-state index in [0.717, 1.165) is 25.7 Å². The smallest absolute Gasteiger partial charge is 0.338 e. The van der Waals surface area contributed by atoms with E-state index in [1.807, 2.05) is 0 Å². The van der Waals surface area contributed by atoms with Gasteiger partial charge in [0.25, 0.3) is 0 Å². The number of nitrogens with one attached hydrogen (secondary N) is 1. The van der Waals surface area contributed by atoms with Crippen molar-refractivity contribution >= 4 is 11.9 Å². The van der Waals surface area contributed by atoms with Crippen molar-refractivity contribution in [2.45, 2.75) is 45.1 Å². The fourth-order valence-electron chi connectivity index (χ4n) is 3.71. The Morgan fingerprint density at radius 1 is 1.24 bits per heavy atom. The molecule has 3 rings (SSSR count). The molecule has 9 heteroatoms. The zero-order valence-electron chi connectivity index (χ0n) is 17.1. The zero-order chi connectivity index (χ0) is 20.9. The number of aromatic nitrogens is 4. The highest BCUT2D eigenvalue weighted by Crippen LogP contribution is 2.39. The van der Waals surface area contributed by atoms with Crippen molar-refractivity contribution in [2.75, 3.05) is 20.3 Å². The minimum Gasteiger partial charge on any atom is -0.462 e. The molecular formula is C20H27N5O4. The first-order valence-corrected chi connectivity index (χ1v) is 9.85. The minimum absolute atomic E-state index is 0.0207. The summed E-state index contributed by atoms with van der Waals surface area (Å²) in [6.07, 6.45) is 3.40. The van der Waals surface area contributed by atoms with Gasteiger partial charge in [0.05, 0.1) is 17.9 Å². The summed E-state index contributed by atoms with van der Waals surface area (Å²) in [4.78, 5) is 24.2. The second-order valence-corrected chi connectivity index (χ2v) is 7.43. The molecule has 29 heavy (non-hydrogen) atoms. The molecule has 0 spiro atoms. The topological polar surface area (TPSA) is 108 Å². The van der Waals surface area contributed by atoms with Gasteiger partial charge in [-0.2, -0.15) is 4.68 Å². The van der Waals surface area contributed by atoms with Crippen molar-refractivity contribution in [1.29, 1.82) is 0 Å². The summed E-state index contributed by atoms with van der Waals surface area (Å²) < 4.78 is 11.6. The number of esters is 1. The average molecular weight is 401 g/mol. The van der Waals surface area contributed by atoms with Crippen LogP contribution in [0.15, 0.2) is 24.3 Å². The molecule has 1 saturated carbocycles. The van der Waals surface area contributed by atoms with Crippen LogP contribution in [0.4, 0.5) is 0 Å². The van der Waals surface area contributed by atoms with Gasteiger partial charge < -0.3 is 14.8 Å². The Morgan fingerprint density at radius 2 is 1.93 bits per heavy atom. The first-order chi connectivity index (χ1) is 14.0. The van der Waals surface area contributed by atoms with Gasteiger partial charge >= 0.3 is 5.97 Å². The summed E-state index contributed by atoms with van der Waals surface area (Å²) in [5, 5.41) is 15.4. The molecule has 0 aliphatic heterocycles. The molecule has 1 aliphatic rings. The van der Waals surface area contributed by atoms with Gasteiger partial charge in [-0.1, -0.05) is 6.92 Å². The number of carbonyl (C=O) groups excluding carboxylic acids is 2. The van der Waals surface area contributed by atoms with Gasteiger partial charge in [-0.15, -0.1) is 5.10 Å². The van der Waals surface area contributed by atoms with Gasteiger partial charge in [-0.05, 0) is 73.2 Å². The van der Waals surface area contributed by atoms with Crippen LogP contribution in [0.25, 0.3) is 5.69 Å². The maximum atomic E-state index is 12.4. The Labute approximate surface area is 169 Å². The lowest BCUT2D eigenvalue weighted by molar-refractivity contribution is -0.127. The molecule has 1 N–H and O–H groups in total. The van der Waals surface area contributed by atoms with Gasteiger partial charge in [0, 0.05) is 7.11 Å². The van der Waals surface area contributed by atoms with E-state index in [0.29, 0.717) is 29.6 Å². The SMILES string of the molecule is CCOC(=O)c1ccc(-n2nnnc2C2(NC(=O)COC)CCC(C)CC2)cc1. The van der Waals surface area contributed by atoms with Crippen LogP contribution in [0.5, 0.6) is 0 Å². The Bertz CT molecular complexity index is 841. The number of nitrogens with zero attached hydrogens (tertiary/aromatic N) is 4. The Morgan fingerprint density at radius 3 is 2.55 bits per heavy atom. The van der Waals surface area contributed by atoms with E-state index >= 15 is 0 Å². The van der Waals surface area contributed by atoms with Crippen molar-refractivity contribution in [2.24, 2.45) is 5.92 Å². The highest BCUT2D eigenvalue weighted by atomic mass is 16.5. The molecular weight excluding hydrogens is 374 g/mol. The molecule has 0 atom stereocenters. The van der Waals surface area contributed by atoms with E-state index in [4.69, 9.17) is 9.47 Å². The molecule has 156 valence electrons. The highest BCUT2D eigenvalue weighted by molar-refractivity contribution is 5.89. The quantitative estimate of drug-likeness (QED) is 0.707. The second kappa shape index (κ2) is 9.13. The van der Waals surface area contributed by atoms with E-state index in [-0.39, 0.29) is 18.5 Å². The van der Waals surface area contributed by atoms with E-state index in [2.05, 4.69) is 27.8 Å². The Balaban J connectivity index is 1.93. The lowest BCUT2D eigenvalue weighted by Gasteiger charge is -2.38. The summed E-state index contributed by atoms with van der Waals surface area (Å²) >= 11 is 0. The fraction of sp³-hybridized carbons (Fsp3) is 0.550. The summed E-state index contributed by atoms with van der Waals surface area (Å²) in [5.41, 5.74) is 0.502. The molecule has 0 bridgehead atoms. The number of methoxy groups -OCH3 is 1.